The van der Waals surface area contributed by atoms with E-state index < -0.39 is 11.7 Å². The number of anilines is 1. The van der Waals surface area contributed by atoms with Crippen LogP contribution >= 0.6 is 0 Å². The molecule has 0 aliphatic heterocycles. The van der Waals surface area contributed by atoms with E-state index in [0.717, 1.165) is 5.52 Å². The highest BCUT2D eigenvalue weighted by Gasteiger charge is 2.24. The Labute approximate surface area is 177 Å². The zero-order valence-corrected chi connectivity index (χ0v) is 17.3. The molecule has 0 fully saturated rings. The fourth-order valence-corrected chi connectivity index (χ4v) is 3.51. The Morgan fingerprint density at radius 2 is 1.90 bits per heavy atom. The van der Waals surface area contributed by atoms with E-state index in [9.17, 15) is 14.0 Å². The molecule has 4 rings (SSSR count). The van der Waals surface area contributed by atoms with Gasteiger partial charge in [0, 0.05) is 37.5 Å². The highest BCUT2D eigenvalue weighted by Crippen LogP contribution is 2.28. The van der Waals surface area contributed by atoms with Crippen molar-refractivity contribution >= 4 is 39.4 Å². The van der Waals surface area contributed by atoms with E-state index in [4.69, 9.17) is 5.73 Å². The lowest BCUT2D eigenvalue weighted by Crippen LogP contribution is -2.46. The summed E-state index contributed by atoms with van der Waals surface area (Å²) in [6.45, 7) is 1.24. The molecule has 0 aliphatic rings. The van der Waals surface area contributed by atoms with Gasteiger partial charge in [0.25, 0.3) is 5.91 Å². The number of carbonyl (C=O) groups is 2. The molecule has 0 spiro atoms. The number of nitrogens with two attached hydrogens (primary N) is 1. The van der Waals surface area contributed by atoms with Crippen LogP contribution in [0, 0.1) is 5.82 Å². The fourth-order valence-electron chi connectivity index (χ4n) is 3.51. The SMILES string of the molecule is CC(=O)N(C)N(Cc1ccccc1F)C(=O)c1ccc2nc(N)c3cnn(C)c3c2c1. The summed E-state index contributed by atoms with van der Waals surface area (Å²) in [6, 6.07) is 11.1. The van der Waals surface area contributed by atoms with Crippen LogP contribution in [0.5, 0.6) is 0 Å². The Hall–Kier alpha value is -4.01. The van der Waals surface area contributed by atoms with Gasteiger partial charge in [-0.1, -0.05) is 18.2 Å². The van der Waals surface area contributed by atoms with E-state index in [1.165, 1.54) is 30.1 Å². The molecule has 0 saturated carbocycles. The molecule has 2 heterocycles. The molecule has 2 aromatic carbocycles. The summed E-state index contributed by atoms with van der Waals surface area (Å²) in [7, 11) is 3.26. The van der Waals surface area contributed by atoms with Gasteiger partial charge in [-0.2, -0.15) is 5.10 Å². The molecule has 31 heavy (non-hydrogen) atoms. The highest BCUT2D eigenvalue weighted by atomic mass is 19.1. The van der Waals surface area contributed by atoms with Crippen molar-refractivity contribution in [1.29, 1.82) is 0 Å². The van der Waals surface area contributed by atoms with E-state index in [0.29, 0.717) is 33.2 Å². The Morgan fingerprint density at radius 3 is 2.61 bits per heavy atom. The third-order valence-corrected chi connectivity index (χ3v) is 5.28. The number of nitrogen functional groups attached to an aromatic ring is 1. The van der Waals surface area contributed by atoms with Crippen LogP contribution in [0.25, 0.3) is 21.8 Å². The quantitative estimate of drug-likeness (QED) is 0.514. The maximum atomic E-state index is 14.2. The molecule has 0 unspecified atom stereocenters. The van der Waals surface area contributed by atoms with Crippen LogP contribution in [0.2, 0.25) is 0 Å². The average Bonchev–Trinajstić information content (AvgIpc) is 3.14. The molecule has 0 aliphatic carbocycles. The molecule has 2 N–H and O–H groups in total. The van der Waals surface area contributed by atoms with Crippen molar-refractivity contribution < 1.29 is 14.0 Å². The zero-order chi connectivity index (χ0) is 22.3. The van der Waals surface area contributed by atoms with Crippen molar-refractivity contribution in [2.75, 3.05) is 12.8 Å². The Morgan fingerprint density at radius 1 is 1.16 bits per heavy atom. The number of halogens is 1. The molecule has 0 bridgehead atoms. The number of hydrogen-bond acceptors (Lipinski definition) is 5. The van der Waals surface area contributed by atoms with Crippen LogP contribution in [-0.2, 0) is 18.4 Å². The third kappa shape index (κ3) is 3.54. The molecule has 4 aromatic rings. The fraction of sp³-hybridized carbons (Fsp3) is 0.182. The lowest BCUT2D eigenvalue weighted by molar-refractivity contribution is -0.140. The first kappa shape index (κ1) is 20.3. The lowest BCUT2D eigenvalue weighted by Gasteiger charge is -2.31. The van der Waals surface area contributed by atoms with Crippen molar-refractivity contribution in [2.45, 2.75) is 13.5 Å². The summed E-state index contributed by atoms with van der Waals surface area (Å²) in [6.07, 6.45) is 1.62. The highest BCUT2D eigenvalue weighted by molar-refractivity contribution is 6.10. The Bertz CT molecular complexity index is 1330. The molecule has 158 valence electrons. The number of fused-ring (bicyclic) bond motifs is 3. The summed E-state index contributed by atoms with van der Waals surface area (Å²) in [5.74, 6) is -0.900. The standard InChI is InChI=1S/C22H21FN6O2/c1-13(30)28(3)29(12-15-6-4-5-7-18(15)23)22(31)14-8-9-19-16(10-14)20-17(21(24)26-19)11-25-27(20)2/h4-11H,12H2,1-3H3,(H2,24,26). The summed E-state index contributed by atoms with van der Waals surface area (Å²) in [4.78, 5) is 29.8. The van der Waals surface area contributed by atoms with Crippen LogP contribution in [-0.4, -0.2) is 43.6 Å². The van der Waals surface area contributed by atoms with Crippen LogP contribution in [0.4, 0.5) is 10.2 Å². The molecule has 2 amide bonds. The van der Waals surface area contributed by atoms with Crippen LogP contribution in [0.15, 0.2) is 48.7 Å². The number of aryl methyl sites for hydroxylation is 1. The zero-order valence-electron chi connectivity index (χ0n) is 17.3. The molecular weight excluding hydrogens is 399 g/mol. The molecule has 0 atom stereocenters. The molecule has 2 aromatic heterocycles. The van der Waals surface area contributed by atoms with Gasteiger partial charge in [0.15, 0.2) is 0 Å². The first-order chi connectivity index (χ1) is 14.8. The number of hydrogen-bond donors (Lipinski definition) is 1. The van der Waals surface area contributed by atoms with E-state index in [-0.39, 0.29) is 12.5 Å². The second-order valence-electron chi connectivity index (χ2n) is 7.26. The summed E-state index contributed by atoms with van der Waals surface area (Å²) < 4.78 is 15.9. The summed E-state index contributed by atoms with van der Waals surface area (Å²) in [5, 5.41) is 8.02. The normalized spacial score (nSPS) is 11.1. The topological polar surface area (TPSA) is 97.3 Å². The van der Waals surface area contributed by atoms with Crippen molar-refractivity contribution in [2.24, 2.45) is 7.05 Å². The first-order valence-corrected chi connectivity index (χ1v) is 9.58. The Kier molecular flexibility index (Phi) is 5.02. The maximum absolute atomic E-state index is 14.2. The summed E-state index contributed by atoms with van der Waals surface area (Å²) in [5.41, 5.74) is 8.02. The molecular formula is C22H21FN6O2. The monoisotopic (exact) mass is 420 g/mol. The number of pyridine rings is 1. The van der Waals surface area contributed by atoms with Crippen LogP contribution in [0.1, 0.15) is 22.8 Å². The first-order valence-electron chi connectivity index (χ1n) is 9.58. The number of rotatable bonds is 3. The smallest absolute Gasteiger partial charge is 0.272 e. The van der Waals surface area contributed by atoms with Crippen molar-refractivity contribution in [3.63, 3.8) is 0 Å². The minimum absolute atomic E-state index is 0.0965. The predicted molar refractivity (Wildman–Crippen MR) is 115 cm³/mol. The van der Waals surface area contributed by atoms with Gasteiger partial charge in [0.05, 0.1) is 29.2 Å². The second kappa shape index (κ2) is 7.67. The van der Waals surface area contributed by atoms with Crippen molar-refractivity contribution in [3.05, 3.63) is 65.6 Å². The van der Waals surface area contributed by atoms with Gasteiger partial charge in [-0.25, -0.2) is 14.4 Å². The average molecular weight is 420 g/mol. The van der Waals surface area contributed by atoms with Gasteiger partial charge in [-0.15, -0.1) is 0 Å². The minimum Gasteiger partial charge on any atom is -0.383 e. The van der Waals surface area contributed by atoms with E-state index in [2.05, 4.69) is 10.1 Å². The number of benzene rings is 2. The second-order valence-corrected chi connectivity index (χ2v) is 7.26. The largest absolute Gasteiger partial charge is 0.383 e. The van der Waals surface area contributed by atoms with Gasteiger partial charge >= 0.3 is 0 Å². The van der Waals surface area contributed by atoms with E-state index >= 15 is 0 Å². The summed E-state index contributed by atoms with van der Waals surface area (Å²) >= 11 is 0. The minimum atomic E-state index is -0.452. The molecule has 9 heteroatoms. The van der Waals surface area contributed by atoms with Gasteiger partial charge in [-0.3, -0.25) is 19.3 Å². The van der Waals surface area contributed by atoms with E-state index in [1.54, 1.807) is 54.3 Å². The molecule has 0 radical (unpaired) electrons. The van der Waals surface area contributed by atoms with Crippen molar-refractivity contribution in [3.8, 4) is 0 Å². The molecule has 8 nitrogen and oxygen atoms in total. The van der Waals surface area contributed by atoms with E-state index in [1.807, 2.05) is 0 Å². The maximum Gasteiger partial charge on any atom is 0.272 e. The number of aromatic nitrogens is 3. The van der Waals surface area contributed by atoms with Crippen LogP contribution in [0.3, 0.4) is 0 Å². The van der Waals surface area contributed by atoms with Gasteiger partial charge in [0.2, 0.25) is 5.91 Å². The van der Waals surface area contributed by atoms with Crippen molar-refractivity contribution in [1.82, 2.24) is 24.8 Å². The van der Waals surface area contributed by atoms with Gasteiger partial charge in [-0.05, 0) is 24.3 Å². The Balaban J connectivity index is 1.81. The number of nitrogens with zero attached hydrogens (tertiary/aromatic N) is 5. The molecule has 0 saturated heterocycles. The number of amides is 2. The number of carbonyl (C=O) groups excluding carboxylic acids is 2. The third-order valence-electron chi connectivity index (χ3n) is 5.28. The van der Waals surface area contributed by atoms with Gasteiger partial charge < -0.3 is 5.73 Å². The van der Waals surface area contributed by atoms with Gasteiger partial charge in [0.1, 0.15) is 11.6 Å². The lowest BCUT2D eigenvalue weighted by atomic mass is 10.1. The van der Waals surface area contributed by atoms with Crippen LogP contribution < -0.4 is 5.73 Å². The predicted octanol–water partition coefficient (Wildman–Crippen LogP) is 2.88. The number of hydrazine groups is 1.